The van der Waals surface area contributed by atoms with E-state index in [-0.39, 0.29) is 49.7 Å². The van der Waals surface area contributed by atoms with Crippen LogP contribution >= 0.6 is 0 Å². The van der Waals surface area contributed by atoms with Crippen LogP contribution in [0.2, 0.25) is 0 Å². The van der Waals surface area contributed by atoms with Gasteiger partial charge in [0.05, 0.1) is 30.9 Å². The number of methoxy groups -OCH3 is 1. The van der Waals surface area contributed by atoms with Gasteiger partial charge < -0.3 is 24.4 Å². The SMILES string of the molecule is COC(=O)C1CCC(Oc2cc(F)cc(N3CC4CN(C(=O)O)CCN4C3=O)c2)CC1. The molecule has 0 radical (unpaired) electrons. The third-order valence-corrected chi connectivity index (χ3v) is 6.30. The molecule has 1 saturated carbocycles. The maximum absolute atomic E-state index is 14.3. The minimum atomic E-state index is -1.01. The first kappa shape index (κ1) is 21.2. The summed E-state index contributed by atoms with van der Waals surface area (Å²) in [6.07, 6.45) is 1.49. The minimum absolute atomic E-state index is 0.127. The van der Waals surface area contributed by atoms with Crippen molar-refractivity contribution in [3.05, 3.63) is 24.0 Å². The summed E-state index contributed by atoms with van der Waals surface area (Å²) >= 11 is 0. The van der Waals surface area contributed by atoms with Crippen LogP contribution in [0.25, 0.3) is 0 Å². The molecular weight excluding hydrogens is 409 g/mol. The number of benzene rings is 1. The van der Waals surface area contributed by atoms with Crippen molar-refractivity contribution >= 4 is 23.8 Å². The van der Waals surface area contributed by atoms with Crippen molar-refractivity contribution in [2.24, 2.45) is 5.92 Å². The van der Waals surface area contributed by atoms with Crippen LogP contribution < -0.4 is 9.64 Å². The minimum Gasteiger partial charge on any atom is -0.490 e. The number of carbonyl (C=O) groups excluding carboxylic acids is 2. The molecule has 0 bridgehead atoms. The van der Waals surface area contributed by atoms with Gasteiger partial charge in [-0.3, -0.25) is 9.69 Å². The number of esters is 1. The summed E-state index contributed by atoms with van der Waals surface area (Å²) in [5, 5.41) is 9.21. The van der Waals surface area contributed by atoms with Gasteiger partial charge in [-0.25, -0.2) is 14.0 Å². The van der Waals surface area contributed by atoms with E-state index in [9.17, 15) is 23.9 Å². The van der Waals surface area contributed by atoms with Crippen LogP contribution in [0.4, 0.5) is 19.7 Å². The van der Waals surface area contributed by atoms with Crippen LogP contribution in [0.3, 0.4) is 0 Å². The first-order valence-corrected chi connectivity index (χ1v) is 10.5. The summed E-state index contributed by atoms with van der Waals surface area (Å²) in [6, 6.07) is 3.69. The quantitative estimate of drug-likeness (QED) is 0.730. The molecule has 2 aliphatic heterocycles. The third-order valence-electron chi connectivity index (χ3n) is 6.30. The number of fused-ring (bicyclic) bond motifs is 1. The van der Waals surface area contributed by atoms with E-state index in [0.29, 0.717) is 43.7 Å². The Balaban J connectivity index is 1.43. The lowest BCUT2D eigenvalue weighted by atomic mass is 9.87. The van der Waals surface area contributed by atoms with Crippen molar-refractivity contribution in [3.63, 3.8) is 0 Å². The Kier molecular flexibility index (Phi) is 5.88. The van der Waals surface area contributed by atoms with Crippen molar-refractivity contribution in [2.45, 2.75) is 37.8 Å². The highest BCUT2D eigenvalue weighted by Crippen LogP contribution is 2.33. The van der Waals surface area contributed by atoms with Gasteiger partial charge >= 0.3 is 18.1 Å². The van der Waals surface area contributed by atoms with Crippen molar-refractivity contribution in [3.8, 4) is 5.75 Å². The number of carboxylic acid groups (broad SMARTS) is 1. The molecular formula is C21H26FN3O6. The Morgan fingerprint density at radius 2 is 1.84 bits per heavy atom. The first-order valence-electron chi connectivity index (χ1n) is 10.5. The second-order valence-electron chi connectivity index (χ2n) is 8.23. The highest BCUT2D eigenvalue weighted by Gasteiger charge is 2.42. The first-order chi connectivity index (χ1) is 14.9. The zero-order chi connectivity index (χ0) is 22.1. The number of hydrogen-bond donors (Lipinski definition) is 1. The fourth-order valence-electron chi connectivity index (χ4n) is 4.64. The summed E-state index contributed by atoms with van der Waals surface area (Å²) in [4.78, 5) is 40.2. The largest absolute Gasteiger partial charge is 0.490 e. The van der Waals surface area contributed by atoms with Gasteiger partial charge in [-0.05, 0) is 31.7 Å². The fraction of sp³-hybridized carbons (Fsp3) is 0.571. The number of amides is 3. The average molecular weight is 435 g/mol. The van der Waals surface area contributed by atoms with E-state index in [2.05, 4.69) is 0 Å². The van der Waals surface area contributed by atoms with E-state index in [1.165, 1.54) is 29.0 Å². The zero-order valence-electron chi connectivity index (χ0n) is 17.3. The molecule has 3 amide bonds. The van der Waals surface area contributed by atoms with Crippen LogP contribution in [-0.4, -0.2) is 78.4 Å². The van der Waals surface area contributed by atoms with Gasteiger partial charge in [-0.15, -0.1) is 0 Å². The maximum atomic E-state index is 14.3. The Labute approximate surface area is 179 Å². The Morgan fingerprint density at radius 1 is 1.10 bits per heavy atom. The molecule has 0 aromatic heterocycles. The van der Waals surface area contributed by atoms with Crippen molar-refractivity contribution in [1.29, 1.82) is 0 Å². The van der Waals surface area contributed by atoms with Crippen molar-refractivity contribution < 1.29 is 33.4 Å². The number of carbonyl (C=O) groups is 3. The predicted octanol–water partition coefficient (Wildman–Crippen LogP) is 2.54. The number of halogens is 1. The number of urea groups is 1. The van der Waals surface area contributed by atoms with E-state index in [1.807, 2.05) is 0 Å². The normalized spacial score (nSPS) is 25.9. The monoisotopic (exact) mass is 435 g/mol. The molecule has 31 heavy (non-hydrogen) atoms. The predicted molar refractivity (Wildman–Crippen MR) is 108 cm³/mol. The molecule has 1 aliphatic carbocycles. The topological polar surface area (TPSA) is 99.6 Å². The number of piperazine rings is 1. The fourth-order valence-corrected chi connectivity index (χ4v) is 4.64. The van der Waals surface area contributed by atoms with Crippen molar-refractivity contribution in [1.82, 2.24) is 9.80 Å². The average Bonchev–Trinajstić information content (AvgIpc) is 3.09. The van der Waals surface area contributed by atoms with Crippen LogP contribution in [0.5, 0.6) is 5.75 Å². The Hall–Kier alpha value is -3.04. The molecule has 168 valence electrons. The van der Waals surface area contributed by atoms with Gasteiger partial charge in [0.25, 0.3) is 0 Å². The smallest absolute Gasteiger partial charge is 0.407 e. The highest BCUT2D eigenvalue weighted by molar-refractivity contribution is 5.95. The lowest BCUT2D eigenvalue weighted by Gasteiger charge is -2.34. The third kappa shape index (κ3) is 4.38. The highest BCUT2D eigenvalue weighted by atomic mass is 19.1. The molecule has 9 nitrogen and oxygen atoms in total. The van der Waals surface area contributed by atoms with Crippen LogP contribution in [0.15, 0.2) is 18.2 Å². The molecule has 4 rings (SSSR count). The summed E-state index contributed by atoms with van der Waals surface area (Å²) in [7, 11) is 1.38. The summed E-state index contributed by atoms with van der Waals surface area (Å²) in [5.74, 6) is -0.517. The number of ether oxygens (including phenoxy) is 2. The van der Waals surface area contributed by atoms with Crippen molar-refractivity contribution in [2.75, 3.05) is 38.2 Å². The van der Waals surface area contributed by atoms with Gasteiger partial charge in [-0.2, -0.15) is 0 Å². The van der Waals surface area contributed by atoms with E-state index in [1.54, 1.807) is 11.0 Å². The van der Waals surface area contributed by atoms with E-state index < -0.39 is 11.9 Å². The summed E-state index contributed by atoms with van der Waals surface area (Å²) in [5.41, 5.74) is 0.388. The number of hydrogen-bond acceptors (Lipinski definition) is 5. The molecule has 0 spiro atoms. The number of nitrogens with zero attached hydrogens (tertiary/aromatic N) is 3. The standard InChI is InChI=1S/C21H26FN3O6/c1-30-19(26)13-2-4-17(5-3-13)31-18-9-14(22)8-15(10-18)25-12-16-11-23(21(28)29)6-7-24(16)20(25)27/h8-10,13,16-17H,2-7,11-12H2,1H3,(H,28,29). The maximum Gasteiger partial charge on any atom is 0.407 e. The summed E-state index contributed by atoms with van der Waals surface area (Å²) < 4.78 is 25.1. The van der Waals surface area contributed by atoms with Gasteiger partial charge in [-0.1, -0.05) is 0 Å². The molecule has 10 heteroatoms. The molecule has 3 aliphatic rings. The van der Waals surface area contributed by atoms with E-state index in [0.717, 1.165) is 0 Å². The van der Waals surface area contributed by atoms with Gasteiger partial charge in [0.15, 0.2) is 0 Å². The van der Waals surface area contributed by atoms with Crippen LogP contribution in [-0.2, 0) is 9.53 Å². The van der Waals surface area contributed by atoms with Gasteiger partial charge in [0.2, 0.25) is 0 Å². The Morgan fingerprint density at radius 3 is 2.52 bits per heavy atom. The number of anilines is 1. The second kappa shape index (κ2) is 8.60. The molecule has 1 unspecified atom stereocenters. The summed E-state index contributed by atoms with van der Waals surface area (Å²) in [6.45, 7) is 1.10. The Bertz CT molecular complexity index is 873. The molecule has 1 N–H and O–H groups in total. The lowest BCUT2D eigenvalue weighted by Crippen LogP contribution is -2.53. The molecule has 1 atom stereocenters. The molecule has 2 saturated heterocycles. The number of rotatable bonds is 4. The molecule has 3 fully saturated rings. The van der Waals surface area contributed by atoms with E-state index >= 15 is 0 Å². The van der Waals surface area contributed by atoms with Gasteiger partial charge in [0.1, 0.15) is 11.6 Å². The van der Waals surface area contributed by atoms with E-state index in [4.69, 9.17) is 9.47 Å². The lowest BCUT2D eigenvalue weighted by molar-refractivity contribution is -0.147. The zero-order valence-corrected chi connectivity index (χ0v) is 17.3. The molecule has 2 heterocycles. The molecule has 1 aromatic rings. The molecule has 1 aromatic carbocycles. The second-order valence-corrected chi connectivity index (χ2v) is 8.23. The van der Waals surface area contributed by atoms with Crippen LogP contribution in [0.1, 0.15) is 25.7 Å². The van der Waals surface area contributed by atoms with Crippen LogP contribution in [0, 0.1) is 11.7 Å². The van der Waals surface area contributed by atoms with Gasteiger partial charge in [0, 0.05) is 38.3 Å².